The van der Waals surface area contributed by atoms with E-state index in [0.717, 1.165) is 0 Å². The number of methoxy groups -OCH3 is 2. The molecule has 0 amide bonds. The van der Waals surface area contributed by atoms with Crippen molar-refractivity contribution >= 4 is 5.76 Å². The van der Waals surface area contributed by atoms with Gasteiger partial charge in [-0.25, -0.2) is 0 Å². The summed E-state index contributed by atoms with van der Waals surface area (Å²) < 4.78 is 10.0. The first-order valence-corrected chi connectivity index (χ1v) is 3.79. The van der Waals surface area contributed by atoms with Crippen LogP contribution in [0.3, 0.4) is 0 Å². The molecule has 0 aliphatic rings. The molecule has 1 rings (SSSR count). The van der Waals surface area contributed by atoms with Gasteiger partial charge in [-0.05, 0) is 18.2 Å². The quantitative estimate of drug-likeness (QED) is 0.725. The largest absolute Gasteiger partial charge is 0.508 e. The predicted molar refractivity (Wildman–Crippen MR) is 51.2 cm³/mol. The van der Waals surface area contributed by atoms with E-state index in [1.807, 2.05) is 0 Å². The summed E-state index contributed by atoms with van der Waals surface area (Å²) >= 11 is 0. The number of aliphatic hydroxyl groups excluding tert-OH is 1. The average Bonchev–Trinajstić information content (AvgIpc) is 2.16. The van der Waals surface area contributed by atoms with Crippen molar-refractivity contribution in [1.82, 2.24) is 0 Å². The highest BCUT2D eigenvalue weighted by molar-refractivity contribution is 5.64. The summed E-state index contributed by atoms with van der Waals surface area (Å²) in [7, 11) is 3.10. The molecule has 3 nitrogen and oxygen atoms in total. The van der Waals surface area contributed by atoms with Crippen LogP contribution in [0.5, 0.6) is 11.5 Å². The normalized spacial score (nSPS) is 9.38. The molecule has 1 aromatic carbocycles. The van der Waals surface area contributed by atoms with Crippen LogP contribution in [0.25, 0.3) is 5.76 Å². The van der Waals surface area contributed by atoms with Crippen LogP contribution in [0.4, 0.5) is 0 Å². The molecule has 0 atom stereocenters. The summed E-state index contributed by atoms with van der Waals surface area (Å²) in [6.07, 6.45) is 0. The third-order valence-electron chi connectivity index (χ3n) is 1.72. The summed E-state index contributed by atoms with van der Waals surface area (Å²) in [5, 5.41) is 9.23. The van der Waals surface area contributed by atoms with Gasteiger partial charge < -0.3 is 14.6 Å². The molecule has 0 radical (unpaired) electrons. The van der Waals surface area contributed by atoms with Crippen molar-refractivity contribution in [1.29, 1.82) is 0 Å². The van der Waals surface area contributed by atoms with Gasteiger partial charge in [0.25, 0.3) is 0 Å². The van der Waals surface area contributed by atoms with Crippen molar-refractivity contribution in [3.63, 3.8) is 0 Å². The highest BCUT2D eigenvalue weighted by atomic mass is 16.5. The lowest BCUT2D eigenvalue weighted by atomic mass is 10.1. The molecular formula is C10H12O3. The fourth-order valence-corrected chi connectivity index (χ4v) is 1.04. The Bertz CT molecular complexity index is 318. The Balaban J connectivity index is 3.18. The Hall–Kier alpha value is -1.64. The van der Waals surface area contributed by atoms with Gasteiger partial charge in [-0.2, -0.15) is 0 Å². The Morgan fingerprint density at radius 2 is 2.00 bits per heavy atom. The van der Waals surface area contributed by atoms with Crippen molar-refractivity contribution in [2.75, 3.05) is 14.2 Å². The average molecular weight is 180 g/mol. The van der Waals surface area contributed by atoms with Crippen molar-refractivity contribution < 1.29 is 14.6 Å². The van der Waals surface area contributed by atoms with Crippen molar-refractivity contribution in [2.24, 2.45) is 0 Å². The van der Waals surface area contributed by atoms with Gasteiger partial charge in [0.2, 0.25) is 0 Å². The zero-order valence-corrected chi connectivity index (χ0v) is 7.70. The lowest BCUT2D eigenvalue weighted by Gasteiger charge is -2.08. The minimum Gasteiger partial charge on any atom is -0.508 e. The Morgan fingerprint density at radius 3 is 2.46 bits per heavy atom. The molecule has 0 fully saturated rings. The van der Waals surface area contributed by atoms with Crippen LogP contribution in [0, 0.1) is 0 Å². The molecule has 13 heavy (non-hydrogen) atoms. The minimum absolute atomic E-state index is 0.0317. The fourth-order valence-electron chi connectivity index (χ4n) is 1.04. The summed E-state index contributed by atoms with van der Waals surface area (Å²) in [5.41, 5.74) is 0.543. The van der Waals surface area contributed by atoms with E-state index in [0.29, 0.717) is 17.1 Å². The second kappa shape index (κ2) is 3.85. The zero-order chi connectivity index (χ0) is 9.84. The predicted octanol–water partition coefficient (Wildman–Crippen LogP) is 2.23. The molecule has 1 N–H and O–H groups in total. The maximum atomic E-state index is 9.23. The number of benzene rings is 1. The third-order valence-corrected chi connectivity index (χ3v) is 1.72. The van der Waals surface area contributed by atoms with E-state index in [2.05, 4.69) is 6.58 Å². The number of ether oxygens (including phenoxy) is 2. The van der Waals surface area contributed by atoms with Gasteiger partial charge in [-0.15, -0.1) is 0 Å². The molecule has 70 valence electrons. The zero-order valence-electron chi connectivity index (χ0n) is 7.70. The number of hydrogen-bond donors (Lipinski definition) is 1. The number of rotatable bonds is 3. The van der Waals surface area contributed by atoms with Crippen molar-refractivity contribution in [3.8, 4) is 11.5 Å². The van der Waals surface area contributed by atoms with E-state index in [9.17, 15) is 5.11 Å². The van der Waals surface area contributed by atoms with Crippen molar-refractivity contribution in [2.45, 2.75) is 0 Å². The number of hydrogen-bond acceptors (Lipinski definition) is 3. The topological polar surface area (TPSA) is 38.7 Å². The minimum atomic E-state index is -0.0317. The second-order valence-electron chi connectivity index (χ2n) is 2.51. The van der Waals surface area contributed by atoms with Crippen LogP contribution in [0.2, 0.25) is 0 Å². The number of aliphatic hydroxyl groups is 1. The second-order valence-corrected chi connectivity index (χ2v) is 2.51. The molecule has 0 aliphatic heterocycles. The first-order valence-electron chi connectivity index (χ1n) is 3.79. The standard InChI is InChI=1S/C10H12O3/c1-7(11)9-6-8(12-2)4-5-10(9)13-3/h4-6,11H,1H2,2-3H3. The Morgan fingerprint density at radius 1 is 1.31 bits per heavy atom. The summed E-state index contributed by atoms with van der Waals surface area (Å²) in [6.45, 7) is 3.43. The van der Waals surface area contributed by atoms with Crippen LogP contribution in [-0.4, -0.2) is 19.3 Å². The highest BCUT2D eigenvalue weighted by Gasteiger charge is 2.06. The first-order chi connectivity index (χ1) is 6.19. The highest BCUT2D eigenvalue weighted by Crippen LogP contribution is 2.27. The Labute approximate surface area is 77.2 Å². The molecule has 0 saturated carbocycles. The molecule has 0 aromatic heterocycles. The molecular weight excluding hydrogens is 168 g/mol. The third kappa shape index (κ3) is 1.93. The van der Waals surface area contributed by atoms with E-state index >= 15 is 0 Å². The summed E-state index contributed by atoms with van der Waals surface area (Å²) in [4.78, 5) is 0. The summed E-state index contributed by atoms with van der Waals surface area (Å²) in [6, 6.07) is 5.14. The molecule has 0 saturated heterocycles. The van der Waals surface area contributed by atoms with Gasteiger partial charge in [0.05, 0.1) is 19.8 Å². The lowest BCUT2D eigenvalue weighted by molar-refractivity contribution is 0.398. The van der Waals surface area contributed by atoms with E-state index in [1.54, 1.807) is 25.3 Å². The van der Waals surface area contributed by atoms with E-state index in [4.69, 9.17) is 9.47 Å². The molecule has 0 spiro atoms. The van der Waals surface area contributed by atoms with Gasteiger partial charge in [0.15, 0.2) is 0 Å². The van der Waals surface area contributed by atoms with Gasteiger partial charge in [-0.3, -0.25) is 0 Å². The molecule has 0 heterocycles. The summed E-state index contributed by atoms with van der Waals surface area (Å²) in [5.74, 6) is 1.20. The fraction of sp³-hybridized carbons (Fsp3) is 0.200. The molecule has 3 heteroatoms. The van der Waals surface area contributed by atoms with Crippen LogP contribution >= 0.6 is 0 Å². The van der Waals surface area contributed by atoms with Crippen LogP contribution in [0.1, 0.15) is 5.56 Å². The monoisotopic (exact) mass is 180 g/mol. The molecule has 0 aliphatic carbocycles. The maximum absolute atomic E-state index is 9.23. The van der Waals surface area contributed by atoms with E-state index in [-0.39, 0.29) is 5.76 Å². The first kappa shape index (κ1) is 9.45. The van der Waals surface area contributed by atoms with Gasteiger partial charge >= 0.3 is 0 Å². The smallest absolute Gasteiger partial charge is 0.130 e. The van der Waals surface area contributed by atoms with Crippen molar-refractivity contribution in [3.05, 3.63) is 30.3 Å². The SMILES string of the molecule is C=C(O)c1cc(OC)ccc1OC. The van der Waals surface area contributed by atoms with E-state index in [1.165, 1.54) is 7.11 Å². The molecule has 1 aromatic rings. The van der Waals surface area contributed by atoms with Gasteiger partial charge in [-0.1, -0.05) is 6.58 Å². The Kier molecular flexibility index (Phi) is 2.80. The maximum Gasteiger partial charge on any atom is 0.130 e. The van der Waals surface area contributed by atoms with E-state index < -0.39 is 0 Å². The lowest BCUT2D eigenvalue weighted by Crippen LogP contribution is -1.92. The van der Waals surface area contributed by atoms with Crippen LogP contribution in [0.15, 0.2) is 24.8 Å². The molecule has 0 bridgehead atoms. The van der Waals surface area contributed by atoms with Gasteiger partial charge in [0.1, 0.15) is 17.3 Å². The van der Waals surface area contributed by atoms with Gasteiger partial charge in [0, 0.05) is 0 Å². The van der Waals surface area contributed by atoms with Crippen LogP contribution < -0.4 is 9.47 Å². The molecule has 0 unspecified atom stereocenters. The van der Waals surface area contributed by atoms with Crippen LogP contribution in [-0.2, 0) is 0 Å².